The Balaban J connectivity index is 0.00000193. The Kier molecular flexibility index (Phi) is 16.4. The molecular formula is C46H42O14. The summed E-state index contributed by atoms with van der Waals surface area (Å²) in [5, 5.41) is 0. The van der Waals surface area contributed by atoms with Gasteiger partial charge in [-0.2, -0.15) is 0 Å². The van der Waals surface area contributed by atoms with Crippen molar-refractivity contribution in [2.75, 3.05) is 42.7 Å². The Morgan fingerprint density at radius 3 is 1.12 bits per heavy atom. The smallest absolute Gasteiger partial charge is 0.347 e. The standard InChI is InChI=1S/C44H38O12.2CH2O/c1-47-36-24-38(49-3)37(48-2)23-35(36)44(46)56-34-17-11-29(12-18-34)43(45)55-33-15-9-28(10-16-33)27-7-13-30(14-8-27)53-31-19-21-32(22-20-31)54-42-26-40(51-5)39(50-4)25-41(42)52-6;2*1-2/h7-26H,1-6H3;2*1H2. The maximum absolute atomic E-state index is 12.9. The third-order valence-corrected chi connectivity index (χ3v) is 8.44. The van der Waals surface area contributed by atoms with Crippen LogP contribution < -0.4 is 47.4 Å². The lowest BCUT2D eigenvalue weighted by Gasteiger charge is -2.15. The first-order chi connectivity index (χ1) is 29.2. The third kappa shape index (κ3) is 11.1. The lowest BCUT2D eigenvalue weighted by atomic mass is 10.1. The van der Waals surface area contributed by atoms with E-state index in [0.717, 1.165) is 11.1 Å². The van der Waals surface area contributed by atoms with Gasteiger partial charge in [0, 0.05) is 24.3 Å². The molecule has 0 unspecified atom stereocenters. The zero-order chi connectivity index (χ0) is 43.6. The number of esters is 2. The predicted octanol–water partition coefficient (Wildman–Crippen LogP) is 9.06. The molecule has 6 aromatic rings. The highest BCUT2D eigenvalue weighted by Gasteiger charge is 2.20. The maximum Gasteiger partial charge on any atom is 0.347 e. The van der Waals surface area contributed by atoms with Crippen LogP contribution in [0.4, 0.5) is 0 Å². The lowest BCUT2D eigenvalue weighted by molar-refractivity contribution is -0.0987. The highest BCUT2D eigenvalue weighted by molar-refractivity contribution is 5.95. The van der Waals surface area contributed by atoms with Crippen molar-refractivity contribution in [1.29, 1.82) is 0 Å². The minimum atomic E-state index is -0.674. The average molecular weight is 819 g/mol. The zero-order valence-electron chi connectivity index (χ0n) is 33.7. The van der Waals surface area contributed by atoms with Crippen LogP contribution in [0.25, 0.3) is 11.1 Å². The van der Waals surface area contributed by atoms with Gasteiger partial charge >= 0.3 is 11.9 Å². The van der Waals surface area contributed by atoms with Gasteiger partial charge < -0.3 is 57.0 Å². The van der Waals surface area contributed by atoms with Crippen LogP contribution >= 0.6 is 0 Å². The molecule has 6 rings (SSSR count). The molecule has 0 radical (unpaired) electrons. The van der Waals surface area contributed by atoms with Gasteiger partial charge in [-0.1, -0.05) is 24.3 Å². The number of benzene rings is 6. The predicted molar refractivity (Wildman–Crippen MR) is 221 cm³/mol. The van der Waals surface area contributed by atoms with Crippen molar-refractivity contribution in [3.63, 3.8) is 0 Å². The Labute approximate surface area is 346 Å². The normalized spacial score (nSPS) is 9.90. The molecule has 0 aromatic heterocycles. The summed E-state index contributed by atoms with van der Waals surface area (Å²) in [6.07, 6.45) is 0. The average Bonchev–Trinajstić information content (AvgIpc) is 3.31. The summed E-state index contributed by atoms with van der Waals surface area (Å²) < 4.78 is 55.3. The summed E-state index contributed by atoms with van der Waals surface area (Å²) in [7, 11) is 9.03. The summed E-state index contributed by atoms with van der Waals surface area (Å²) in [5.41, 5.74) is 2.28. The molecule has 0 bridgehead atoms. The quantitative estimate of drug-likeness (QED) is 0.0713. The lowest BCUT2D eigenvalue weighted by Crippen LogP contribution is -2.12. The first-order valence-electron chi connectivity index (χ1n) is 17.6. The fraction of sp³-hybridized carbons (Fsp3) is 0.130. The number of carbonyl (C=O) groups is 4. The molecule has 60 heavy (non-hydrogen) atoms. The van der Waals surface area contributed by atoms with E-state index in [9.17, 15) is 9.59 Å². The van der Waals surface area contributed by atoms with Crippen molar-refractivity contribution < 1.29 is 66.5 Å². The van der Waals surface area contributed by atoms with E-state index < -0.39 is 11.9 Å². The minimum Gasteiger partial charge on any atom is -0.496 e. The summed E-state index contributed by atoms with van der Waals surface area (Å²) >= 11 is 0. The van der Waals surface area contributed by atoms with Crippen LogP contribution in [-0.2, 0) is 9.59 Å². The van der Waals surface area contributed by atoms with E-state index in [0.29, 0.717) is 57.5 Å². The first kappa shape index (κ1) is 44.7. The van der Waals surface area contributed by atoms with Crippen LogP contribution in [0, 0.1) is 0 Å². The van der Waals surface area contributed by atoms with Crippen molar-refractivity contribution in [2.45, 2.75) is 0 Å². The SMILES string of the molecule is C=O.C=O.COc1cc(OC)c(Oc2ccc(Oc3ccc(-c4ccc(OC(=O)c5ccc(OC(=O)c6cc(OC)c(OC)cc6OC)cc5)cc4)cc3)cc2)cc1OC. The molecule has 0 aliphatic rings. The third-order valence-electron chi connectivity index (χ3n) is 8.44. The minimum absolute atomic E-state index is 0.143. The fourth-order valence-corrected chi connectivity index (χ4v) is 5.53. The van der Waals surface area contributed by atoms with Gasteiger partial charge in [0.15, 0.2) is 34.5 Å². The number of hydrogen-bond acceptors (Lipinski definition) is 14. The molecule has 0 aliphatic carbocycles. The van der Waals surface area contributed by atoms with Crippen molar-refractivity contribution >= 4 is 25.5 Å². The Hall–Kier alpha value is -8.00. The Morgan fingerprint density at radius 2 is 0.667 bits per heavy atom. The molecule has 0 saturated carbocycles. The summed E-state index contributed by atoms with van der Waals surface area (Å²) in [4.78, 5) is 41.8. The van der Waals surface area contributed by atoms with E-state index in [-0.39, 0.29) is 22.6 Å². The second kappa shape index (κ2) is 22.1. The van der Waals surface area contributed by atoms with Crippen molar-refractivity contribution in [1.82, 2.24) is 0 Å². The van der Waals surface area contributed by atoms with Crippen molar-refractivity contribution in [3.05, 3.63) is 132 Å². The molecule has 14 nitrogen and oxygen atoms in total. The molecule has 0 aliphatic heterocycles. The second-order valence-corrected chi connectivity index (χ2v) is 11.8. The van der Waals surface area contributed by atoms with Gasteiger partial charge in [0.1, 0.15) is 53.6 Å². The number of carbonyl (C=O) groups excluding carboxylic acids is 4. The molecule has 0 atom stereocenters. The molecule has 0 fully saturated rings. The van der Waals surface area contributed by atoms with E-state index in [4.69, 9.17) is 57.0 Å². The van der Waals surface area contributed by atoms with Gasteiger partial charge in [0.25, 0.3) is 0 Å². The summed E-state index contributed by atoms with van der Waals surface area (Å²) in [6.45, 7) is 4.00. The van der Waals surface area contributed by atoms with Gasteiger partial charge in [-0.15, -0.1) is 0 Å². The number of hydrogen-bond donors (Lipinski definition) is 0. The van der Waals surface area contributed by atoms with Crippen LogP contribution in [0.1, 0.15) is 20.7 Å². The van der Waals surface area contributed by atoms with E-state index in [1.807, 2.05) is 50.0 Å². The fourth-order valence-electron chi connectivity index (χ4n) is 5.53. The Morgan fingerprint density at radius 1 is 0.350 bits per heavy atom. The van der Waals surface area contributed by atoms with Crippen molar-refractivity contribution in [3.8, 4) is 80.1 Å². The van der Waals surface area contributed by atoms with Crippen LogP contribution in [0.2, 0.25) is 0 Å². The molecule has 0 heterocycles. The van der Waals surface area contributed by atoms with E-state index in [2.05, 4.69) is 0 Å². The van der Waals surface area contributed by atoms with Gasteiger partial charge in [0.05, 0.1) is 48.2 Å². The van der Waals surface area contributed by atoms with Crippen LogP contribution in [0.15, 0.2) is 121 Å². The highest BCUT2D eigenvalue weighted by atomic mass is 16.5. The van der Waals surface area contributed by atoms with E-state index >= 15 is 0 Å². The molecule has 14 heteroatoms. The molecule has 0 N–H and O–H groups in total. The topological polar surface area (TPSA) is 161 Å². The van der Waals surface area contributed by atoms with Gasteiger partial charge in [0.2, 0.25) is 0 Å². The number of ether oxygens (including phenoxy) is 10. The second-order valence-electron chi connectivity index (χ2n) is 11.8. The number of methoxy groups -OCH3 is 6. The summed E-state index contributed by atoms with van der Waals surface area (Å²) in [6, 6.07) is 34.4. The molecule has 310 valence electrons. The van der Waals surface area contributed by atoms with Crippen LogP contribution in [0.5, 0.6) is 69.0 Å². The maximum atomic E-state index is 12.9. The molecule has 6 aromatic carbocycles. The summed E-state index contributed by atoms with van der Waals surface area (Å²) in [5.74, 6) is 4.23. The monoisotopic (exact) mass is 818 g/mol. The first-order valence-corrected chi connectivity index (χ1v) is 17.6. The molecule has 0 spiro atoms. The van der Waals surface area contributed by atoms with E-state index in [1.54, 1.807) is 69.9 Å². The van der Waals surface area contributed by atoms with Crippen molar-refractivity contribution in [2.24, 2.45) is 0 Å². The zero-order valence-corrected chi connectivity index (χ0v) is 33.7. The molecule has 0 saturated heterocycles. The largest absolute Gasteiger partial charge is 0.496 e. The van der Waals surface area contributed by atoms with Crippen LogP contribution in [0.3, 0.4) is 0 Å². The van der Waals surface area contributed by atoms with E-state index in [1.165, 1.54) is 57.7 Å². The van der Waals surface area contributed by atoms with Crippen LogP contribution in [-0.4, -0.2) is 68.2 Å². The number of rotatable bonds is 15. The molecule has 0 amide bonds. The Bertz CT molecular complexity index is 2320. The van der Waals surface area contributed by atoms with Gasteiger partial charge in [-0.05, 0) is 83.9 Å². The highest BCUT2D eigenvalue weighted by Crippen LogP contribution is 2.42. The molecular weight excluding hydrogens is 776 g/mol. The van der Waals surface area contributed by atoms with Gasteiger partial charge in [-0.3, -0.25) is 0 Å². The van der Waals surface area contributed by atoms with Gasteiger partial charge in [-0.25, -0.2) is 9.59 Å².